The summed E-state index contributed by atoms with van der Waals surface area (Å²) in [5.74, 6) is 0.579. The lowest BCUT2D eigenvalue weighted by atomic mass is 9.97. The van der Waals surface area contributed by atoms with E-state index in [9.17, 15) is 0 Å². The van der Waals surface area contributed by atoms with Crippen LogP contribution in [0.15, 0.2) is 42.5 Å². The van der Waals surface area contributed by atoms with Gasteiger partial charge in [-0.2, -0.15) is 0 Å². The summed E-state index contributed by atoms with van der Waals surface area (Å²) in [6.07, 6.45) is 0. The Bertz CT molecular complexity index is 601. The minimum absolute atomic E-state index is 0.245. The first-order chi connectivity index (χ1) is 9.65. The van der Waals surface area contributed by atoms with Gasteiger partial charge >= 0.3 is 0 Å². The van der Waals surface area contributed by atoms with Crippen LogP contribution in [0.25, 0.3) is 0 Å². The maximum absolute atomic E-state index is 5.48. The van der Waals surface area contributed by atoms with Crippen molar-refractivity contribution in [3.63, 3.8) is 0 Å². The number of alkyl halides is 1. The Labute approximate surface area is 129 Å². The second-order valence-corrected chi connectivity index (χ2v) is 6.62. The van der Waals surface area contributed by atoms with Gasteiger partial charge in [0, 0.05) is 0 Å². The molecular formula is C18H19BrO. The van der Waals surface area contributed by atoms with Crippen molar-refractivity contribution in [1.29, 1.82) is 0 Å². The molecule has 1 aliphatic rings. The van der Waals surface area contributed by atoms with Gasteiger partial charge in [-0.05, 0) is 33.7 Å². The fraction of sp³-hybridized carbons (Fsp3) is 0.333. The van der Waals surface area contributed by atoms with Crippen LogP contribution in [-0.4, -0.2) is 0 Å². The summed E-state index contributed by atoms with van der Waals surface area (Å²) in [5, 5.41) is 0. The number of benzene rings is 2. The molecule has 0 amide bonds. The predicted octanol–water partition coefficient (Wildman–Crippen LogP) is 5.32. The summed E-state index contributed by atoms with van der Waals surface area (Å²) in [5.41, 5.74) is 6.63. The highest BCUT2D eigenvalue weighted by atomic mass is 79.9. The zero-order valence-electron chi connectivity index (χ0n) is 11.9. The predicted molar refractivity (Wildman–Crippen MR) is 86.2 cm³/mol. The highest BCUT2D eigenvalue weighted by Crippen LogP contribution is 2.33. The molecule has 3 rings (SSSR count). The van der Waals surface area contributed by atoms with E-state index < -0.39 is 0 Å². The summed E-state index contributed by atoms with van der Waals surface area (Å²) in [4.78, 5) is 0.245. The third kappa shape index (κ3) is 2.68. The molecule has 2 aromatic carbocycles. The fourth-order valence-electron chi connectivity index (χ4n) is 2.59. The molecule has 2 heteroatoms. The van der Waals surface area contributed by atoms with Crippen LogP contribution in [0, 0.1) is 0 Å². The zero-order chi connectivity index (χ0) is 14.1. The van der Waals surface area contributed by atoms with Crippen LogP contribution in [-0.2, 0) is 18.0 Å². The first-order valence-electron chi connectivity index (χ1n) is 7.08. The van der Waals surface area contributed by atoms with E-state index in [1.54, 1.807) is 0 Å². The molecular weight excluding hydrogens is 312 g/mol. The lowest BCUT2D eigenvalue weighted by Gasteiger charge is -2.13. The molecule has 0 aliphatic carbocycles. The molecule has 20 heavy (non-hydrogen) atoms. The van der Waals surface area contributed by atoms with E-state index in [-0.39, 0.29) is 4.83 Å². The average molecular weight is 331 g/mol. The number of halogens is 1. The Hall–Kier alpha value is -1.12. The van der Waals surface area contributed by atoms with Gasteiger partial charge in [-0.25, -0.2) is 0 Å². The van der Waals surface area contributed by atoms with Crippen molar-refractivity contribution in [3.05, 3.63) is 70.3 Å². The molecule has 0 bridgehead atoms. The van der Waals surface area contributed by atoms with Gasteiger partial charge in [-0.3, -0.25) is 0 Å². The van der Waals surface area contributed by atoms with Crippen molar-refractivity contribution in [2.45, 2.75) is 37.8 Å². The number of hydrogen-bond acceptors (Lipinski definition) is 1. The molecule has 1 aliphatic heterocycles. The monoisotopic (exact) mass is 330 g/mol. The highest BCUT2D eigenvalue weighted by molar-refractivity contribution is 9.09. The molecule has 1 nitrogen and oxygen atoms in total. The molecule has 0 spiro atoms. The summed E-state index contributed by atoms with van der Waals surface area (Å²) in [6.45, 7) is 5.95. The number of rotatable bonds is 3. The normalized spacial score (nSPS) is 15.4. The number of ether oxygens (including phenoxy) is 1. The topological polar surface area (TPSA) is 9.23 Å². The Morgan fingerprint density at radius 1 is 0.850 bits per heavy atom. The first kappa shape index (κ1) is 13.8. The molecule has 0 saturated heterocycles. The standard InChI is InChI=1S/C18H19BrO/c1-12(2)13-3-5-14(6-4-13)18(19)15-7-8-16-10-20-11-17(16)9-15/h3-9,12,18H,10-11H2,1-2H3. The van der Waals surface area contributed by atoms with Gasteiger partial charge in [-0.1, -0.05) is 72.2 Å². The molecule has 0 aromatic heterocycles. The Kier molecular flexibility index (Phi) is 3.95. The van der Waals surface area contributed by atoms with E-state index in [0.717, 1.165) is 13.2 Å². The SMILES string of the molecule is CC(C)c1ccc(C(Br)c2ccc3c(c2)COC3)cc1. The third-order valence-corrected chi connectivity index (χ3v) is 4.99. The smallest absolute Gasteiger partial charge is 0.0725 e. The molecule has 1 heterocycles. The third-order valence-electron chi connectivity index (χ3n) is 3.93. The van der Waals surface area contributed by atoms with Gasteiger partial charge in [-0.15, -0.1) is 0 Å². The van der Waals surface area contributed by atoms with Gasteiger partial charge in [0.1, 0.15) is 0 Å². The summed E-state index contributed by atoms with van der Waals surface area (Å²) in [7, 11) is 0. The lowest BCUT2D eigenvalue weighted by molar-refractivity contribution is 0.134. The van der Waals surface area contributed by atoms with Crippen molar-refractivity contribution in [2.24, 2.45) is 0 Å². The van der Waals surface area contributed by atoms with E-state index in [2.05, 4.69) is 72.2 Å². The molecule has 0 radical (unpaired) electrons. The van der Waals surface area contributed by atoms with Gasteiger partial charge in [0.15, 0.2) is 0 Å². The van der Waals surface area contributed by atoms with Crippen molar-refractivity contribution in [3.8, 4) is 0 Å². The van der Waals surface area contributed by atoms with Gasteiger partial charge in [0.05, 0.1) is 18.0 Å². The summed E-state index contributed by atoms with van der Waals surface area (Å²) >= 11 is 3.82. The number of fused-ring (bicyclic) bond motifs is 1. The van der Waals surface area contributed by atoms with Gasteiger partial charge in [0.2, 0.25) is 0 Å². The summed E-state index contributed by atoms with van der Waals surface area (Å²) in [6, 6.07) is 15.5. The molecule has 0 fully saturated rings. The van der Waals surface area contributed by atoms with Gasteiger partial charge < -0.3 is 4.74 Å². The van der Waals surface area contributed by atoms with Crippen molar-refractivity contribution in [2.75, 3.05) is 0 Å². The van der Waals surface area contributed by atoms with Crippen molar-refractivity contribution >= 4 is 15.9 Å². The maximum atomic E-state index is 5.48. The first-order valence-corrected chi connectivity index (χ1v) is 8.00. The van der Waals surface area contributed by atoms with Crippen LogP contribution < -0.4 is 0 Å². The second kappa shape index (κ2) is 5.71. The van der Waals surface area contributed by atoms with Gasteiger partial charge in [0.25, 0.3) is 0 Å². The maximum Gasteiger partial charge on any atom is 0.0725 e. The Balaban J connectivity index is 1.86. The minimum atomic E-state index is 0.245. The van der Waals surface area contributed by atoms with E-state index >= 15 is 0 Å². The van der Waals surface area contributed by atoms with E-state index in [1.807, 2.05) is 0 Å². The molecule has 0 saturated carbocycles. The molecule has 1 unspecified atom stereocenters. The minimum Gasteiger partial charge on any atom is -0.372 e. The molecule has 1 atom stereocenters. The van der Waals surface area contributed by atoms with Crippen LogP contribution in [0.2, 0.25) is 0 Å². The second-order valence-electron chi connectivity index (χ2n) is 5.70. The molecule has 2 aromatic rings. The van der Waals surface area contributed by atoms with Crippen molar-refractivity contribution in [1.82, 2.24) is 0 Å². The number of hydrogen-bond donors (Lipinski definition) is 0. The van der Waals surface area contributed by atoms with Crippen molar-refractivity contribution < 1.29 is 4.74 Å². The quantitative estimate of drug-likeness (QED) is 0.691. The molecule has 0 N–H and O–H groups in total. The Morgan fingerprint density at radius 3 is 2.15 bits per heavy atom. The van der Waals surface area contributed by atoms with Crippen LogP contribution in [0.5, 0.6) is 0 Å². The van der Waals surface area contributed by atoms with Crippen LogP contribution >= 0.6 is 15.9 Å². The van der Waals surface area contributed by atoms with Crippen LogP contribution in [0.1, 0.15) is 52.4 Å². The lowest BCUT2D eigenvalue weighted by Crippen LogP contribution is -1.96. The van der Waals surface area contributed by atoms with Crippen LogP contribution in [0.3, 0.4) is 0 Å². The largest absolute Gasteiger partial charge is 0.372 e. The fourth-order valence-corrected chi connectivity index (χ4v) is 3.18. The average Bonchev–Trinajstić information content (AvgIpc) is 2.94. The van der Waals surface area contributed by atoms with E-state index in [0.29, 0.717) is 5.92 Å². The van der Waals surface area contributed by atoms with Crippen LogP contribution in [0.4, 0.5) is 0 Å². The Morgan fingerprint density at radius 2 is 1.45 bits per heavy atom. The van der Waals surface area contributed by atoms with E-state index in [4.69, 9.17) is 4.74 Å². The molecule has 104 valence electrons. The highest BCUT2D eigenvalue weighted by Gasteiger charge is 2.16. The van der Waals surface area contributed by atoms with E-state index in [1.165, 1.54) is 27.8 Å². The summed E-state index contributed by atoms with van der Waals surface area (Å²) < 4.78 is 5.48. The zero-order valence-corrected chi connectivity index (χ0v) is 13.5.